The zero-order chi connectivity index (χ0) is 19.3. The average Bonchev–Trinajstić information content (AvgIpc) is 2.59. The zero-order valence-corrected chi connectivity index (χ0v) is 17.7. The van der Waals surface area contributed by atoms with Crippen LogP contribution in [0.4, 0.5) is 10.5 Å². The molecule has 0 heterocycles. The first-order valence-corrected chi connectivity index (χ1v) is 10.3. The molecule has 6 heteroatoms. The molecule has 0 radical (unpaired) electrons. The Labute approximate surface area is 164 Å². The van der Waals surface area contributed by atoms with E-state index >= 15 is 0 Å². The molecule has 0 aliphatic heterocycles. The number of halogens is 1. The fraction of sp³-hybridized carbons (Fsp3) is 0.650. The predicted molar refractivity (Wildman–Crippen MR) is 108 cm³/mol. The maximum atomic E-state index is 11.7. The van der Waals surface area contributed by atoms with Gasteiger partial charge in [-0.15, -0.1) is 0 Å². The fourth-order valence-corrected chi connectivity index (χ4v) is 4.10. The van der Waals surface area contributed by atoms with Crippen LogP contribution >= 0.6 is 15.9 Å². The van der Waals surface area contributed by atoms with E-state index in [4.69, 9.17) is 9.47 Å². The number of ether oxygens (including phenoxy) is 2. The highest BCUT2D eigenvalue weighted by Crippen LogP contribution is 2.37. The lowest BCUT2D eigenvalue weighted by Crippen LogP contribution is -2.45. The van der Waals surface area contributed by atoms with Crippen molar-refractivity contribution in [2.45, 2.75) is 52.0 Å². The van der Waals surface area contributed by atoms with Crippen molar-refractivity contribution in [1.29, 1.82) is 0 Å². The van der Waals surface area contributed by atoms with Crippen molar-refractivity contribution in [1.82, 2.24) is 0 Å². The number of hydrogen-bond acceptors (Lipinski definition) is 3. The molecule has 26 heavy (non-hydrogen) atoms. The summed E-state index contributed by atoms with van der Waals surface area (Å²) in [7, 11) is 1.55. The molecule has 1 aromatic rings. The third-order valence-electron chi connectivity index (χ3n) is 4.92. The Balaban J connectivity index is 2.07. The van der Waals surface area contributed by atoms with Crippen LogP contribution in [0.3, 0.4) is 0 Å². The molecule has 1 aliphatic rings. The van der Waals surface area contributed by atoms with Crippen LogP contribution in [-0.4, -0.2) is 35.8 Å². The van der Waals surface area contributed by atoms with Crippen molar-refractivity contribution in [3.05, 3.63) is 18.2 Å². The molecule has 2 rings (SSSR count). The summed E-state index contributed by atoms with van der Waals surface area (Å²) >= 11 is 3.57. The average molecular weight is 428 g/mol. The molecular formula is C20H30BrNO4. The van der Waals surface area contributed by atoms with E-state index in [-0.39, 0.29) is 0 Å². The highest BCUT2D eigenvalue weighted by molar-refractivity contribution is 9.09. The van der Waals surface area contributed by atoms with Gasteiger partial charge in [-0.3, -0.25) is 4.90 Å². The molecule has 0 atom stereocenters. The van der Waals surface area contributed by atoms with E-state index in [2.05, 4.69) is 15.9 Å². The van der Waals surface area contributed by atoms with Gasteiger partial charge in [0.05, 0.1) is 19.4 Å². The van der Waals surface area contributed by atoms with Crippen LogP contribution in [0.25, 0.3) is 0 Å². The number of nitrogens with zero attached hydrogens (tertiary/aromatic N) is 1. The van der Waals surface area contributed by atoms with Gasteiger partial charge in [-0.1, -0.05) is 15.9 Å². The number of benzene rings is 1. The fourth-order valence-electron chi connectivity index (χ4n) is 3.45. The Kier molecular flexibility index (Phi) is 7.21. The summed E-state index contributed by atoms with van der Waals surface area (Å²) in [6.07, 6.45) is 3.89. The van der Waals surface area contributed by atoms with Crippen molar-refractivity contribution in [3.63, 3.8) is 0 Å². The van der Waals surface area contributed by atoms with Gasteiger partial charge in [0.25, 0.3) is 0 Å². The molecule has 0 saturated heterocycles. The van der Waals surface area contributed by atoms with Gasteiger partial charge in [0, 0.05) is 16.9 Å². The maximum absolute atomic E-state index is 11.7. The molecule has 146 valence electrons. The Bertz CT molecular complexity index is 606. The minimum Gasteiger partial charge on any atom is -0.494 e. The van der Waals surface area contributed by atoms with Gasteiger partial charge in [0.2, 0.25) is 0 Å². The number of anilines is 1. The van der Waals surface area contributed by atoms with E-state index in [1.54, 1.807) is 19.2 Å². The normalized spacial score (nSPS) is 20.5. The molecule has 1 saturated carbocycles. The van der Waals surface area contributed by atoms with Gasteiger partial charge < -0.3 is 14.6 Å². The lowest BCUT2D eigenvalue weighted by molar-refractivity contribution is 0.189. The number of alkyl halides is 1. The minimum atomic E-state index is -1.01. The van der Waals surface area contributed by atoms with Crippen LogP contribution in [0, 0.1) is 11.8 Å². The molecule has 1 amide bonds. The first kappa shape index (κ1) is 20.9. The number of hydrogen-bond donors (Lipinski definition) is 1. The lowest BCUT2D eigenvalue weighted by atomic mass is 9.83. The van der Waals surface area contributed by atoms with E-state index in [1.807, 2.05) is 26.8 Å². The third kappa shape index (κ3) is 5.29. The summed E-state index contributed by atoms with van der Waals surface area (Å²) in [6, 6.07) is 5.36. The standard InChI is InChI=1S/C20H30BrNO4/c1-20(2,3)22(19(23)24)17-10-9-16(11-18(17)25-4)26-13-15-7-5-14(12-21)6-8-15/h9-11,14-15H,5-8,12-13H2,1-4H3,(H,23,24)/t14-,15-. The Morgan fingerprint density at radius 1 is 1.23 bits per heavy atom. The molecule has 5 nitrogen and oxygen atoms in total. The van der Waals surface area contributed by atoms with E-state index in [1.165, 1.54) is 30.6 Å². The maximum Gasteiger partial charge on any atom is 0.412 e. The van der Waals surface area contributed by atoms with Gasteiger partial charge in [-0.2, -0.15) is 0 Å². The first-order chi connectivity index (χ1) is 12.3. The molecule has 1 aliphatic carbocycles. The van der Waals surface area contributed by atoms with Crippen LogP contribution in [0.15, 0.2) is 18.2 Å². The minimum absolute atomic E-state index is 0.503. The Morgan fingerprint density at radius 2 is 1.85 bits per heavy atom. The molecule has 1 aromatic carbocycles. The number of rotatable bonds is 6. The summed E-state index contributed by atoms with van der Waals surface area (Å²) in [6.45, 7) is 6.26. The quantitative estimate of drug-likeness (QED) is 0.603. The largest absolute Gasteiger partial charge is 0.494 e. The van der Waals surface area contributed by atoms with Crippen molar-refractivity contribution < 1.29 is 19.4 Å². The van der Waals surface area contributed by atoms with Gasteiger partial charge in [-0.25, -0.2) is 4.79 Å². The third-order valence-corrected chi connectivity index (χ3v) is 5.84. The Hall–Kier alpha value is -1.43. The second-order valence-corrected chi connectivity index (χ2v) is 8.62. The second-order valence-electron chi connectivity index (χ2n) is 7.97. The van der Waals surface area contributed by atoms with Crippen LogP contribution in [-0.2, 0) is 0 Å². The highest BCUT2D eigenvalue weighted by atomic mass is 79.9. The van der Waals surface area contributed by atoms with E-state index in [9.17, 15) is 9.90 Å². The molecule has 0 bridgehead atoms. The predicted octanol–water partition coefficient (Wildman–Crippen LogP) is 5.56. The smallest absolute Gasteiger partial charge is 0.412 e. The second kappa shape index (κ2) is 8.98. The highest BCUT2D eigenvalue weighted by Gasteiger charge is 2.30. The molecule has 1 N–H and O–H groups in total. The van der Waals surface area contributed by atoms with Crippen molar-refractivity contribution >= 4 is 27.7 Å². The van der Waals surface area contributed by atoms with E-state index in [0.717, 1.165) is 11.2 Å². The van der Waals surface area contributed by atoms with Crippen LogP contribution in [0.2, 0.25) is 0 Å². The molecule has 0 unspecified atom stereocenters. The monoisotopic (exact) mass is 427 g/mol. The zero-order valence-electron chi connectivity index (χ0n) is 16.1. The summed E-state index contributed by atoms with van der Waals surface area (Å²) in [5, 5.41) is 10.7. The topological polar surface area (TPSA) is 59.0 Å². The van der Waals surface area contributed by atoms with Crippen molar-refractivity contribution in [3.8, 4) is 11.5 Å². The first-order valence-electron chi connectivity index (χ1n) is 9.16. The van der Waals surface area contributed by atoms with Crippen molar-refractivity contribution in [2.75, 3.05) is 23.9 Å². The van der Waals surface area contributed by atoms with E-state index in [0.29, 0.717) is 29.7 Å². The van der Waals surface area contributed by atoms with Gasteiger partial charge in [0.15, 0.2) is 0 Å². The molecule has 0 spiro atoms. The molecule has 1 fully saturated rings. The van der Waals surface area contributed by atoms with Gasteiger partial charge in [-0.05, 0) is 70.4 Å². The SMILES string of the molecule is COc1cc(OC[C@H]2CC[C@H](CBr)CC2)ccc1N(C(=O)O)C(C)(C)C. The number of carbonyl (C=O) groups is 1. The van der Waals surface area contributed by atoms with E-state index < -0.39 is 11.6 Å². The van der Waals surface area contributed by atoms with Crippen LogP contribution in [0.5, 0.6) is 11.5 Å². The number of amides is 1. The van der Waals surface area contributed by atoms with Crippen molar-refractivity contribution in [2.24, 2.45) is 11.8 Å². The molecular weight excluding hydrogens is 398 g/mol. The summed E-state index contributed by atoms with van der Waals surface area (Å²) in [5.41, 5.74) is -0.0482. The van der Waals surface area contributed by atoms with Gasteiger partial charge in [0.1, 0.15) is 11.5 Å². The number of methoxy groups -OCH3 is 1. The number of carboxylic acid groups (broad SMARTS) is 1. The van der Waals surface area contributed by atoms with Gasteiger partial charge >= 0.3 is 6.09 Å². The van der Waals surface area contributed by atoms with Crippen LogP contribution < -0.4 is 14.4 Å². The summed E-state index contributed by atoms with van der Waals surface area (Å²) in [4.78, 5) is 13.0. The lowest BCUT2D eigenvalue weighted by Gasteiger charge is -2.34. The molecule has 0 aromatic heterocycles. The Morgan fingerprint density at radius 3 is 2.35 bits per heavy atom. The summed E-state index contributed by atoms with van der Waals surface area (Å²) in [5.74, 6) is 2.60. The summed E-state index contributed by atoms with van der Waals surface area (Å²) < 4.78 is 11.4. The van der Waals surface area contributed by atoms with Crippen LogP contribution in [0.1, 0.15) is 46.5 Å².